The summed E-state index contributed by atoms with van der Waals surface area (Å²) in [6.07, 6.45) is 0.656. The Balaban J connectivity index is 2.13. The molecule has 1 aromatic rings. The number of rotatable bonds is 4. The summed E-state index contributed by atoms with van der Waals surface area (Å²) in [5.74, 6) is -1.08. The lowest BCUT2D eigenvalue weighted by Crippen LogP contribution is -2.41. The number of hydrogen-bond donors (Lipinski definition) is 1. The summed E-state index contributed by atoms with van der Waals surface area (Å²) in [6.45, 7) is 4.31. The van der Waals surface area contributed by atoms with Crippen molar-refractivity contribution in [1.82, 2.24) is 14.8 Å². The van der Waals surface area contributed by atoms with Crippen molar-refractivity contribution >= 4 is 23.2 Å². The molecule has 0 aliphatic carbocycles. The predicted octanol–water partition coefficient (Wildman–Crippen LogP) is 0.918. The van der Waals surface area contributed by atoms with E-state index < -0.39 is 12.0 Å². The number of carboxylic acids is 1. The number of carbonyl (C=O) groups excluding carboxylic acids is 1. The monoisotopic (exact) mass is 311 g/mol. The van der Waals surface area contributed by atoms with Crippen LogP contribution in [0.1, 0.15) is 22.0 Å². The Hall–Kier alpha value is -1.47. The van der Waals surface area contributed by atoms with Crippen molar-refractivity contribution in [2.45, 2.75) is 38.8 Å². The standard InChI is InChI=1S/C14H21N3O3S/c1-8-11(15-9(2)21-8)6-13(18)17-7-10(16(3)4)5-12(17)14(19)20/h10,12H,5-7H2,1-4H3,(H,19,20)/t10-,12+/m1/s1. The maximum absolute atomic E-state index is 12.5. The van der Waals surface area contributed by atoms with Crippen LogP contribution in [0.5, 0.6) is 0 Å². The smallest absolute Gasteiger partial charge is 0.326 e. The molecule has 116 valence electrons. The van der Waals surface area contributed by atoms with Crippen molar-refractivity contribution in [3.63, 3.8) is 0 Å². The number of thiazole rings is 1. The van der Waals surface area contributed by atoms with Crippen LogP contribution in [0.3, 0.4) is 0 Å². The molecule has 7 heteroatoms. The molecular weight excluding hydrogens is 290 g/mol. The molecule has 2 heterocycles. The Kier molecular flexibility index (Phi) is 4.63. The summed E-state index contributed by atoms with van der Waals surface area (Å²) in [6, 6.07) is -0.641. The quantitative estimate of drug-likeness (QED) is 0.895. The highest BCUT2D eigenvalue weighted by molar-refractivity contribution is 7.11. The fraction of sp³-hybridized carbons (Fsp3) is 0.643. The lowest BCUT2D eigenvalue weighted by molar-refractivity contribution is -0.148. The van der Waals surface area contributed by atoms with Crippen LogP contribution in [-0.4, -0.2) is 64.5 Å². The number of likely N-dealkylation sites (tertiary alicyclic amines) is 1. The van der Waals surface area contributed by atoms with E-state index in [2.05, 4.69) is 4.98 Å². The Morgan fingerprint density at radius 1 is 1.43 bits per heavy atom. The fourth-order valence-electron chi connectivity index (χ4n) is 2.68. The number of carboxylic acid groups (broad SMARTS) is 1. The van der Waals surface area contributed by atoms with Gasteiger partial charge in [0.15, 0.2) is 0 Å². The largest absolute Gasteiger partial charge is 0.480 e. The molecule has 6 nitrogen and oxygen atoms in total. The number of amides is 1. The number of nitrogens with zero attached hydrogens (tertiary/aromatic N) is 3. The van der Waals surface area contributed by atoms with Crippen molar-refractivity contribution in [1.29, 1.82) is 0 Å². The van der Waals surface area contributed by atoms with Crippen LogP contribution in [-0.2, 0) is 16.0 Å². The molecule has 0 radical (unpaired) electrons. The van der Waals surface area contributed by atoms with Gasteiger partial charge in [-0.3, -0.25) is 4.79 Å². The maximum atomic E-state index is 12.5. The van der Waals surface area contributed by atoms with Gasteiger partial charge < -0.3 is 14.9 Å². The first-order valence-electron chi connectivity index (χ1n) is 6.91. The third kappa shape index (κ3) is 3.41. The number of aryl methyl sites for hydroxylation is 2. The molecule has 0 aromatic carbocycles. The van der Waals surface area contributed by atoms with E-state index in [9.17, 15) is 14.7 Å². The van der Waals surface area contributed by atoms with Gasteiger partial charge >= 0.3 is 5.97 Å². The average molecular weight is 311 g/mol. The Bertz CT molecular complexity index is 556. The SMILES string of the molecule is Cc1nc(CC(=O)N2C[C@H](N(C)C)C[C@H]2C(=O)O)c(C)s1. The zero-order chi connectivity index (χ0) is 15.7. The van der Waals surface area contributed by atoms with Crippen LogP contribution in [0.2, 0.25) is 0 Å². The second-order valence-corrected chi connectivity index (χ2v) is 7.07. The third-order valence-corrected chi connectivity index (χ3v) is 4.86. The van der Waals surface area contributed by atoms with E-state index in [0.717, 1.165) is 15.6 Å². The molecular formula is C14H21N3O3S. The van der Waals surface area contributed by atoms with Crippen molar-refractivity contribution in [3.8, 4) is 0 Å². The van der Waals surface area contributed by atoms with Gasteiger partial charge in [-0.25, -0.2) is 9.78 Å². The van der Waals surface area contributed by atoms with Crippen molar-refractivity contribution < 1.29 is 14.7 Å². The molecule has 1 fully saturated rings. The minimum absolute atomic E-state index is 0.0910. The lowest BCUT2D eigenvalue weighted by Gasteiger charge is -2.22. The van der Waals surface area contributed by atoms with Gasteiger partial charge in [-0.1, -0.05) is 0 Å². The summed E-state index contributed by atoms with van der Waals surface area (Å²) >= 11 is 1.56. The Morgan fingerprint density at radius 2 is 2.10 bits per heavy atom. The molecule has 0 saturated carbocycles. The summed E-state index contributed by atoms with van der Waals surface area (Å²) < 4.78 is 0. The molecule has 1 aliphatic rings. The van der Waals surface area contributed by atoms with Gasteiger partial charge in [-0.2, -0.15) is 0 Å². The van der Waals surface area contributed by atoms with E-state index in [1.54, 1.807) is 11.3 Å². The summed E-state index contributed by atoms with van der Waals surface area (Å²) in [7, 11) is 3.82. The van der Waals surface area contributed by atoms with Gasteiger partial charge in [0.25, 0.3) is 0 Å². The molecule has 2 atom stereocenters. The van der Waals surface area contributed by atoms with Gasteiger partial charge in [0, 0.05) is 17.5 Å². The first-order chi connectivity index (χ1) is 9.79. The molecule has 1 N–H and O–H groups in total. The highest BCUT2D eigenvalue weighted by atomic mass is 32.1. The normalized spacial score (nSPS) is 22.0. The second-order valence-electron chi connectivity index (χ2n) is 5.67. The molecule has 1 aliphatic heterocycles. The van der Waals surface area contributed by atoms with Gasteiger partial charge in [-0.15, -0.1) is 11.3 Å². The predicted molar refractivity (Wildman–Crippen MR) is 80.5 cm³/mol. The Morgan fingerprint density at radius 3 is 2.57 bits per heavy atom. The number of aromatic nitrogens is 1. The van der Waals surface area contributed by atoms with Gasteiger partial charge in [0.2, 0.25) is 5.91 Å². The number of aliphatic carboxylic acids is 1. The zero-order valence-electron chi connectivity index (χ0n) is 12.8. The fourth-order valence-corrected chi connectivity index (χ4v) is 3.51. The minimum Gasteiger partial charge on any atom is -0.480 e. The molecule has 0 bridgehead atoms. The molecule has 1 saturated heterocycles. The van der Waals surface area contributed by atoms with E-state index >= 15 is 0 Å². The highest BCUT2D eigenvalue weighted by Crippen LogP contribution is 2.23. The van der Waals surface area contributed by atoms with Crippen molar-refractivity contribution in [2.75, 3.05) is 20.6 Å². The van der Waals surface area contributed by atoms with Crippen LogP contribution < -0.4 is 0 Å². The van der Waals surface area contributed by atoms with Gasteiger partial charge in [-0.05, 0) is 34.4 Å². The average Bonchev–Trinajstić information content (AvgIpc) is 2.94. The summed E-state index contributed by atoms with van der Waals surface area (Å²) in [4.78, 5) is 32.7. The molecule has 0 spiro atoms. The van der Waals surface area contributed by atoms with Crippen LogP contribution >= 0.6 is 11.3 Å². The van der Waals surface area contributed by atoms with E-state index in [1.165, 1.54) is 4.90 Å². The second kappa shape index (κ2) is 6.11. The zero-order valence-corrected chi connectivity index (χ0v) is 13.6. The minimum atomic E-state index is -0.932. The van der Waals surface area contributed by atoms with Crippen molar-refractivity contribution in [2.24, 2.45) is 0 Å². The van der Waals surface area contributed by atoms with Crippen LogP contribution in [0, 0.1) is 13.8 Å². The first-order valence-corrected chi connectivity index (χ1v) is 7.72. The first kappa shape index (κ1) is 15.9. The third-order valence-electron chi connectivity index (χ3n) is 3.93. The van der Waals surface area contributed by atoms with E-state index in [-0.39, 0.29) is 18.4 Å². The highest BCUT2D eigenvalue weighted by Gasteiger charge is 2.40. The lowest BCUT2D eigenvalue weighted by atomic mass is 10.1. The number of hydrogen-bond acceptors (Lipinski definition) is 5. The molecule has 21 heavy (non-hydrogen) atoms. The van der Waals surface area contributed by atoms with Gasteiger partial charge in [0.05, 0.1) is 17.1 Å². The molecule has 1 aromatic heterocycles. The Labute approximate surface area is 128 Å². The summed E-state index contributed by atoms with van der Waals surface area (Å²) in [5.41, 5.74) is 0.764. The van der Waals surface area contributed by atoms with Gasteiger partial charge in [0.1, 0.15) is 6.04 Å². The van der Waals surface area contributed by atoms with Crippen LogP contribution in [0.15, 0.2) is 0 Å². The van der Waals surface area contributed by atoms with E-state index in [4.69, 9.17) is 0 Å². The van der Waals surface area contributed by atoms with E-state index in [0.29, 0.717) is 13.0 Å². The molecule has 2 rings (SSSR count). The number of likely N-dealkylation sites (N-methyl/N-ethyl adjacent to an activating group) is 1. The maximum Gasteiger partial charge on any atom is 0.326 e. The number of carbonyl (C=O) groups is 2. The summed E-state index contributed by atoms with van der Waals surface area (Å²) in [5, 5.41) is 10.3. The van der Waals surface area contributed by atoms with Crippen LogP contribution in [0.4, 0.5) is 0 Å². The molecule has 1 amide bonds. The molecule has 0 unspecified atom stereocenters. The van der Waals surface area contributed by atoms with Crippen molar-refractivity contribution in [3.05, 3.63) is 15.6 Å². The topological polar surface area (TPSA) is 73.7 Å². The van der Waals surface area contributed by atoms with E-state index in [1.807, 2.05) is 32.8 Å². The van der Waals surface area contributed by atoms with Crippen LogP contribution in [0.25, 0.3) is 0 Å².